The number of carbonyl (C=O) groups excluding carboxylic acids is 1. The number of aliphatic hydroxyl groups is 1. The number of alkyl halides is 1. The van der Waals surface area contributed by atoms with Crippen molar-refractivity contribution in [2.24, 2.45) is 0 Å². The van der Waals surface area contributed by atoms with Crippen molar-refractivity contribution in [1.29, 1.82) is 0 Å². The third kappa shape index (κ3) is 3.71. The van der Waals surface area contributed by atoms with Crippen molar-refractivity contribution in [2.75, 3.05) is 18.4 Å². The van der Waals surface area contributed by atoms with Crippen LogP contribution in [0.1, 0.15) is 15.9 Å². The number of halogens is 1. The molecule has 1 aliphatic rings. The summed E-state index contributed by atoms with van der Waals surface area (Å²) in [5.74, 6) is -0.489. The average molecular weight is 364 g/mol. The molecule has 3 rings (SSSR count). The zero-order valence-corrected chi connectivity index (χ0v) is 14.0. The summed E-state index contributed by atoms with van der Waals surface area (Å²) in [7, 11) is -3.73. The molecule has 2 N–H and O–H groups in total. The topological polar surface area (TPSA) is 86.7 Å². The number of aliphatic hydroxyl groups excluding tert-OH is 1. The highest BCUT2D eigenvalue weighted by Gasteiger charge is 2.35. The molecule has 0 saturated carbocycles. The Morgan fingerprint density at radius 1 is 1.20 bits per heavy atom. The van der Waals surface area contributed by atoms with Crippen LogP contribution in [0.25, 0.3) is 0 Å². The predicted molar refractivity (Wildman–Crippen MR) is 90.4 cm³/mol. The second-order valence-electron chi connectivity index (χ2n) is 5.79. The molecule has 0 atom stereocenters. The minimum Gasteiger partial charge on any atom is -0.390 e. The van der Waals surface area contributed by atoms with E-state index in [2.05, 4.69) is 5.32 Å². The van der Waals surface area contributed by atoms with Crippen LogP contribution in [0.5, 0.6) is 0 Å². The van der Waals surface area contributed by atoms with Crippen LogP contribution in [0.15, 0.2) is 53.4 Å². The molecule has 1 saturated heterocycles. The van der Waals surface area contributed by atoms with Gasteiger partial charge in [0.25, 0.3) is 5.91 Å². The monoisotopic (exact) mass is 364 g/mol. The van der Waals surface area contributed by atoms with Gasteiger partial charge in [0.1, 0.15) is 6.67 Å². The number of anilines is 1. The van der Waals surface area contributed by atoms with E-state index in [1.54, 1.807) is 18.2 Å². The van der Waals surface area contributed by atoms with E-state index < -0.39 is 28.7 Å². The quantitative estimate of drug-likeness (QED) is 0.847. The molecule has 0 spiro atoms. The van der Waals surface area contributed by atoms with Gasteiger partial charge in [0.15, 0.2) is 0 Å². The maximum atomic E-state index is 12.7. The van der Waals surface area contributed by atoms with E-state index in [9.17, 15) is 22.7 Å². The lowest BCUT2D eigenvalue weighted by atomic mass is 10.2. The minimum atomic E-state index is -3.73. The standard InChI is InChI=1S/C17H17FN2O4S/c18-9-12-3-1-5-14(7-12)19-17(22)13-4-2-6-16(8-13)25(23,24)20-10-15(21)11-20/h1-8,15,21H,9-11H2,(H,19,22). The lowest BCUT2D eigenvalue weighted by Gasteiger charge is -2.34. The summed E-state index contributed by atoms with van der Waals surface area (Å²) < 4.78 is 38.7. The maximum Gasteiger partial charge on any atom is 0.255 e. The van der Waals surface area contributed by atoms with Crippen molar-refractivity contribution in [3.05, 3.63) is 59.7 Å². The molecule has 0 unspecified atom stereocenters. The second-order valence-corrected chi connectivity index (χ2v) is 7.73. The van der Waals surface area contributed by atoms with Crippen molar-refractivity contribution in [1.82, 2.24) is 4.31 Å². The molecule has 8 heteroatoms. The van der Waals surface area contributed by atoms with Crippen molar-refractivity contribution in [3.63, 3.8) is 0 Å². The zero-order valence-electron chi connectivity index (χ0n) is 13.2. The number of amides is 1. The number of benzene rings is 2. The smallest absolute Gasteiger partial charge is 0.255 e. The summed E-state index contributed by atoms with van der Waals surface area (Å²) in [6.07, 6.45) is -0.649. The van der Waals surface area contributed by atoms with Crippen LogP contribution in [0, 0.1) is 0 Å². The van der Waals surface area contributed by atoms with E-state index in [4.69, 9.17) is 0 Å². The van der Waals surface area contributed by atoms with Crippen LogP contribution in [0.4, 0.5) is 10.1 Å². The zero-order chi connectivity index (χ0) is 18.0. The Kier molecular flexibility index (Phi) is 4.85. The third-order valence-corrected chi connectivity index (χ3v) is 5.73. The Labute approximate surface area is 144 Å². The molecule has 132 valence electrons. The van der Waals surface area contributed by atoms with E-state index >= 15 is 0 Å². The molecule has 0 aromatic heterocycles. The number of β-amino-alcohol motifs (C(OH)–C–C–N with tert-alkyl or cyclic N) is 1. The summed E-state index contributed by atoms with van der Waals surface area (Å²) in [6, 6.07) is 12.0. The lowest BCUT2D eigenvalue weighted by molar-refractivity contribution is 0.0548. The molecular formula is C17H17FN2O4S. The van der Waals surface area contributed by atoms with Gasteiger partial charge >= 0.3 is 0 Å². The van der Waals surface area contributed by atoms with Gasteiger partial charge in [-0.3, -0.25) is 4.79 Å². The van der Waals surface area contributed by atoms with Crippen LogP contribution >= 0.6 is 0 Å². The number of rotatable bonds is 5. The minimum absolute atomic E-state index is 0.00967. The molecule has 1 aliphatic heterocycles. The molecule has 2 aromatic carbocycles. The highest BCUT2D eigenvalue weighted by Crippen LogP contribution is 2.22. The summed E-state index contributed by atoms with van der Waals surface area (Å²) in [5.41, 5.74) is 1.04. The molecule has 6 nitrogen and oxygen atoms in total. The average Bonchev–Trinajstić information content (AvgIpc) is 2.59. The third-order valence-electron chi connectivity index (χ3n) is 3.90. The van der Waals surface area contributed by atoms with Gasteiger partial charge in [0.2, 0.25) is 10.0 Å². The van der Waals surface area contributed by atoms with Gasteiger partial charge in [0.05, 0.1) is 11.0 Å². The molecule has 25 heavy (non-hydrogen) atoms. The number of hydrogen-bond acceptors (Lipinski definition) is 4. The number of carbonyl (C=O) groups is 1. The number of hydrogen-bond donors (Lipinski definition) is 2. The first-order valence-corrected chi connectivity index (χ1v) is 9.08. The van der Waals surface area contributed by atoms with Crippen molar-refractivity contribution in [2.45, 2.75) is 17.7 Å². The van der Waals surface area contributed by atoms with Gasteiger partial charge in [-0.1, -0.05) is 18.2 Å². The highest BCUT2D eigenvalue weighted by atomic mass is 32.2. The Hall–Kier alpha value is -2.29. The van der Waals surface area contributed by atoms with E-state index in [-0.39, 0.29) is 23.5 Å². The molecule has 1 amide bonds. The molecule has 0 radical (unpaired) electrons. The number of sulfonamides is 1. The van der Waals surface area contributed by atoms with Gasteiger partial charge in [-0.15, -0.1) is 0 Å². The normalized spacial score (nSPS) is 15.6. The Morgan fingerprint density at radius 3 is 2.60 bits per heavy atom. The fourth-order valence-electron chi connectivity index (χ4n) is 2.50. The van der Waals surface area contributed by atoms with Gasteiger partial charge in [0, 0.05) is 24.3 Å². The number of nitrogens with zero attached hydrogens (tertiary/aromatic N) is 1. The van der Waals surface area contributed by atoms with Gasteiger partial charge in [-0.25, -0.2) is 12.8 Å². The molecule has 0 aliphatic carbocycles. The van der Waals surface area contributed by atoms with Crippen molar-refractivity contribution in [3.8, 4) is 0 Å². The molecule has 1 heterocycles. The van der Waals surface area contributed by atoms with Crippen LogP contribution in [-0.2, 0) is 16.7 Å². The Morgan fingerprint density at radius 2 is 1.92 bits per heavy atom. The van der Waals surface area contributed by atoms with Gasteiger partial charge in [-0.2, -0.15) is 4.31 Å². The van der Waals surface area contributed by atoms with Crippen LogP contribution < -0.4 is 5.32 Å². The summed E-state index contributed by atoms with van der Waals surface area (Å²) in [5, 5.41) is 11.9. The molecule has 2 aromatic rings. The van der Waals surface area contributed by atoms with Crippen LogP contribution in [0.3, 0.4) is 0 Å². The number of nitrogens with one attached hydrogen (secondary N) is 1. The molecule has 1 fully saturated rings. The molecule has 0 bridgehead atoms. The Balaban J connectivity index is 1.80. The van der Waals surface area contributed by atoms with E-state index in [0.717, 1.165) is 4.31 Å². The fourth-order valence-corrected chi connectivity index (χ4v) is 4.06. The SMILES string of the molecule is O=C(Nc1cccc(CF)c1)c1cccc(S(=O)(=O)N2CC(O)C2)c1. The van der Waals surface area contributed by atoms with Crippen molar-refractivity contribution >= 4 is 21.6 Å². The molecular weight excluding hydrogens is 347 g/mol. The van der Waals surface area contributed by atoms with Crippen molar-refractivity contribution < 1.29 is 22.7 Å². The van der Waals surface area contributed by atoms with Crippen LogP contribution in [0.2, 0.25) is 0 Å². The van der Waals surface area contributed by atoms with E-state index in [0.29, 0.717) is 11.3 Å². The van der Waals surface area contributed by atoms with E-state index in [1.807, 2.05) is 0 Å². The van der Waals surface area contributed by atoms with Gasteiger partial charge in [-0.05, 0) is 35.9 Å². The van der Waals surface area contributed by atoms with Crippen LogP contribution in [-0.4, -0.2) is 42.9 Å². The highest BCUT2D eigenvalue weighted by molar-refractivity contribution is 7.89. The second kappa shape index (κ2) is 6.91. The predicted octanol–water partition coefficient (Wildman–Crippen LogP) is 1.77. The summed E-state index contributed by atoms with van der Waals surface area (Å²) in [6.45, 7) is -0.539. The summed E-state index contributed by atoms with van der Waals surface area (Å²) in [4.78, 5) is 12.3. The first-order chi connectivity index (χ1) is 11.9. The Bertz CT molecular complexity index is 895. The maximum absolute atomic E-state index is 12.7. The lowest BCUT2D eigenvalue weighted by Crippen LogP contribution is -2.53. The first-order valence-electron chi connectivity index (χ1n) is 7.64. The first kappa shape index (κ1) is 17.5. The summed E-state index contributed by atoms with van der Waals surface area (Å²) >= 11 is 0. The van der Waals surface area contributed by atoms with E-state index in [1.165, 1.54) is 30.3 Å². The fraction of sp³-hybridized carbons (Fsp3) is 0.235. The van der Waals surface area contributed by atoms with Gasteiger partial charge < -0.3 is 10.4 Å². The largest absolute Gasteiger partial charge is 0.390 e.